The van der Waals surface area contributed by atoms with Crippen LogP contribution in [0.2, 0.25) is 0 Å². The summed E-state index contributed by atoms with van der Waals surface area (Å²) in [6, 6.07) is 6.07. The summed E-state index contributed by atoms with van der Waals surface area (Å²) >= 11 is 0. The first-order valence-electron chi connectivity index (χ1n) is 13.9. The second-order valence-corrected chi connectivity index (χ2v) is 11.2. The van der Waals surface area contributed by atoms with Gasteiger partial charge in [-0.05, 0) is 58.7 Å². The molecule has 0 aromatic carbocycles. The molecule has 5 heterocycles. The van der Waals surface area contributed by atoms with Gasteiger partial charge in [0.1, 0.15) is 11.5 Å². The Labute approximate surface area is 229 Å². The van der Waals surface area contributed by atoms with Gasteiger partial charge in [0.05, 0.1) is 16.8 Å². The lowest BCUT2D eigenvalue weighted by molar-refractivity contribution is -0.0673. The Bertz CT molecular complexity index is 1310. The van der Waals surface area contributed by atoms with Crippen LogP contribution in [0.15, 0.2) is 36.8 Å². The molecule has 10 heteroatoms. The average Bonchev–Trinajstić information content (AvgIpc) is 3.37. The van der Waals surface area contributed by atoms with E-state index in [2.05, 4.69) is 39.0 Å². The smallest absolute Gasteiger partial charge is 0.317 e. The summed E-state index contributed by atoms with van der Waals surface area (Å²) < 4.78 is 23.3. The van der Waals surface area contributed by atoms with E-state index in [0.717, 1.165) is 42.7 Å². The van der Waals surface area contributed by atoms with Gasteiger partial charge < -0.3 is 24.8 Å². The molecule has 2 amide bonds. The SMILES string of the molecule is COC1(c2cnc(-c3cc4c(N5CCN(C(=O)NC(C)C)CC5)ccnn4c3)c(F)c2)CCN(C(C)C)CC1. The number of pyridine rings is 1. The molecule has 210 valence electrons. The van der Waals surface area contributed by atoms with E-state index < -0.39 is 5.60 Å². The van der Waals surface area contributed by atoms with Crippen LogP contribution in [0.1, 0.15) is 46.1 Å². The fraction of sp³-hybridized carbons (Fsp3) is 0.552. The topological polar surface area (TPSA) is 78.2 Å². The number of nitrogens with zero attached hydrogens (tertiary/aromatic N) is 6. The highest BCUT2D eigenvalue weighted by Gasteiger charge is 2.38. The summed E-state index contributed by atoms with van der Waals surface area (Å²) in [6.07, 6.45) is 6.95. The average molecular weight is 538 g/mol. The molecule has 0 saturated carbocycles. The predicted molar refractivity (Wildman–Crippen MR) is 150 cm³/mol. The lowest BCUT2D eigenvalue weighted by Crippen LogP contribution is -2.53. The number of likely N-dealkylation sites (tertiary alicyclic amines) is 1. The van der Waals surface area contributed by atoms with Gasteiger partial charge in [-0.25, -0.2) is 13.7 Å². The number of carbonyl (C=O) groups excluding carboxylic acids is 1. The number of carbonyl (C=O) groups is 1. The van der Waals surface area contributed by atoms with Crippen molar-refractivity contribution in [2.24, 2.45) is 0 Å². The van der Waals surface area contributed by atoms with Crippen molar-refractivity contribution >= 4 is 17.2 Å². The van der Waals surface area contributed by atoms with Gasteiger partial charge in [0.25, 0.3) is 0 Å². The molecule has 1 N–H and O–H groups in total. The zero-order valence-electron chi connectivity index (χ0n) is 23.7. The van der Waals surface area contributed by atoms with E-state index in [1.807, 2.05) is 37.1 Å². The monoisotopic (exact) mass is 537 g/mol. The number of hydrogen-bond donors (Lipinski definition) is 1. The molecule has 0 atom stereocenters. The number of amides is 2. The number of piperidine rings is 1. The molecule has 0 spiro atoms. The molecule has 5 rings (SSSR count). The summed E-state index contributed by atoms with van der Waals surface area (Å²) in [6.45, 7) is 12.8. The van der Waals surface area contributed by atoms with Crippen LogP contribution >= 0.6 is 0 Å². The largest absolute Gasteiger partial charge is 0.373 e. The Kier molecular flexibility index (Phi) is 7.77. The zero-order valence-corrected chi connectivity index (χ0v) is 23.7. The van der Waals surface area contributed by atoms with Crippen LogP contribution in [-0.4, -0.2) is 88.9 Å². The molecule has 3 aromatic rings. The number of methoxy groups -OCH3 is 1. The van der Waals surface area contributed by atoms with E-state index in [4.69, 9.17) is 4.74 Å². The number of rotatable bonds is 6. The normalized spacial score (nSPS) is 18.4. The molecule has 0 unspecified atom stereocenters. The molecule has 9 nitrogen and oxygen atoms in total. The van der Waals surface area contributed by atoms with Crippen LogP contribution in [0.5, 0.6) is 0 Å². The molecule has 0 bridgehead atoms. The molecule has 2 aliphatic heterocycles. The third kappa shape index (κ3) is 5.45. The maximum absolute atomic E-state index is 15.6. The van der Waals surface area contributed by atoms with E-state index in [-0.39, 0.29) is 17.9 Å². The summed E-state index contributed by atoms with van der Waals surface area (Å²) in [5.41, 5.74) is 3.13. The van der Waals surface area contributed by atoms with Gasteiger partial charge in [0.2, 0.25) is 0 Å². The molecule has 2 saturated heterocycles. The van der Waals surface area contributed by atoms with Crippen LogP contribution in [0.25, 0.3) is 16.8 Å². The van der Waals surface area contributed by atoms with Gasteiger partial charge >= 0.3 is 6.03 Å². The number of ether oxygens (including phenoxy) is 1. The summed E-state index contributed by atoms with van der Waals surface area (Å²) in [7, 11) is 1.71. The van der Waals surface area contributed by atoms with Crippen molar-refractivity contribution in [3.05, 3.63) is 48.2 Å². The second kappa shape index (κ2) is 11.1. The fourth-order valence-corrected chi connectivity index (χ4v) is 5.80. The lowest BCUT2D eigenvalue weighted by atomic mass is 9.84. The van der Waals surface area contributed by atoms with Crippen molar-refractivity contribution in [2.45, 2.75) is 58.2 Å². The number of anilines is 1. The van der Waals surface area contributed by atoms with Crippen molar-refractivity contribution in [3.63, 3.8) is 0 Å². The number of hydrogen-bond acceptors (Lipinski definition) is 6. The van der Waals surface area contributed by atoms with Gasteiger partial charge in [-0.15, -0.1) is 0 Å². The van der Waals surface area contributed by atoms with Crippen molar-refractivity contribution in [1.82, 2.24) is 29.7 Å². The third-order valence-corrected chi connectivity index (χ3v) is 8.17. The van der Waals surface area contributed by atoms with Crippen LogP contribution in [0.3, 0.4) is 0 Å². The summed E-state index contributed by atoms with van der Waals surface area (Å²) in [4.78, 5) is 23.5. The Hall–Kier alpha value is -3.24. The highest BCUT2D eigenvalue weighted by molar-refractivity contribution is 5.80. The first kappa shape index (κ1) is 27.3. The highest BCUT2D eigenvalue weighted by Crippen LogP contribution is 2.38. The minimum absolute atomic E-state index is 0.0276. The Morgan fingerprint density at radius 1 is 1.08 bits per heavy atom. The number of nitrogens with one attached hydrogen (secondary N) is 1. The molecule has 0 aliphatic carbocycles. The fourth-order valence-electron chi connectivity index (χ4n) is 5.80. The number of piperazine rings is 1. The molecular weight excluding hydrogens is 497 g/mol. The number of halogens is 1. The maximum Gasteiger partial charge on any atom is 0.317 e. The molecule has 2 aliphatic rings. The number of aromatic nitrogens is 3. The summed E-state index contributed by atoms with van der Waals surface area (Å²) in [5.74, 6) is -0.363. The first-order valence-corrected chi connectivity index (χ1v) is 13.9. The van der Waals surface area contributed by atoms with Gasteiger partial charge in [0.15, 0.2) is 0 Å². The van der Waals surface area contributed by atoms with Crippen LogP contribution in [0.4, 0.5) is 14.9 Å². The van der Waals surface area contributed by atoms with Crippen LogP contribution < -0.4 is 10.2 Å². The summed E-state index contributed by atoms with van der Waals surface area (Å²) in [5, 5.41) is 7.43. The lowest BCUT2D eigenvalue weighted by Gasteiger charge is -2.42. The van der Waals surface area contributed by atoms with Crippen molar-refractivity contribution < 1.29 is 13.9 Å². The standard InChI is InChI=1S/C29H40FN7O2/c1-20(2)33-28(38)36-14-12-35(13-15-36)25-6-9-32-37-19-22(16-26(25)37)27-24(30)17-23(18-31-27)29(39-5)7-10-34(11-8-29)21(3)4/h6,9,16-21H,7-8,10-15H2,1-5H3,(H,33,38). The molecular formula is C29H40FN7O2. The van der Waals surface area contributed by atoms with Gasteiger partial charge in [-0.2, -0.15) is 5.10 Å². The molecule has 3 aromatic heterocycles. The molecule has 0 radical (unpaired) electrons. The van der Waals surface area contributed by atoms with Crippen LogP contribution in [-0.2, 0) is 10.3 Å². The minimum Gasteiger partial charge on any atom is -0.373 e. The van der Waals surface area contributed by atoms with Gasteiger partial charge in [0, 0.05) is 88.2 Å². The van der Waals surface area contributed by atoms with Gasteiger partial charge in [-0.3, -0.25) is 4.98 Å². The van der Waals surface area contributed by atoms with Gasteiger partial charge in [-0.1, -0.05) is 0 Å². The highest BCUT2D eigenvalue weighted by atomic mass is 19.1. The Balaban J connectivity index is 1.36. The quantitative estimate of drug-likeness (QED) is 0.510. The number of urea groups is 1. The zero-order chi connectivity index (χ0) is 27.7. The Morgan fingerprint density at radius 3 is 2.41 bits per heavy atom. The maximum atomic E-state index is 15.6. The minimum atomic E-state index is -0.522. The molecule has 2 fully saturated rings. The van der Waals surface area contributed by atoms with Crippen molar-refractivity contribution in [3.8, 4) is 11.3 Å². The first-order chi connectivity index (χ1) is 18.7. The third-order valence-electron chi connectivity index (χ3n) is 8.17. The predicted octanol–water partition coefficient (Wildman–Crippen LogP) is 4.12. The second-order valence-electron chi connectivity index (χ2n) is 11.2. The number of fused-ring (bicyclic) bond motifs is 1. The van der Waals surface area contributed by atoms with E-state index in [1.54, 1.807) is 30.1 Å². The van der Waals surface area contributed by atoms with E-state index in [1.165, 1.54) is 0 Å². The van der Waals surface area contributed by atoms with E-state index in [9.17, 15) is 4.79 Å². The van der Waals surface area contributed by atoms with E-state index >= 15 is 4.39 Å². The molecule has 39 heavy (non-hydrogen) atoms. The Morgan fingerprint density at radius 2 is 1.79 bits per heavy atom. The van der Waals surface area contributed by atoms with E-state index in [0.29, 0.717) is 43.5 Å². The van der Waals surface area contributed by atoms with Crippen molar-refractivity contribution in [2.75, 3.05) is 51.3 Å². The van der Waals surface area contributed by atoms with Crippen LogP contribution in [0, 0.1) is 5.82 Å². The van der Waals surface area contributed by atoms with Crippen molar-refractivity contribution in [1.29, 1.82) is 0 Å².